The summed E-state index contributed by atoms with van der Waals surface area (Å²) in [5.41, 5.74) is 0.503. The van der Waals surface area contributed by atoms with Crippen molar-refractivity contribution in [1.82, 2.24) is 0 Å². The van der Waals surface area contributed by atoms with Crippen molar-refractivity contribution in [3.8, 4) is 11.1 Å². The predicted molar refractivity (Wildman–Crippen MR) is 68.5 cm³/mol. The molecule has 0 fully saturated rings. The zero-order valence-electron chi connectivity index (χ0n) is 8.86. The van der Waals surface area contributed by atoms with Gasteiger partial charge in [0.05, 0.1) is 11.0 Å². The maximum atomic E-state index is 13.3. The fourth-order valence-electron chi connectivity index (χ4n) is 1.56. The zero-order chi connectivity index (χ0) is 13.3. The summed E-state index contributed by atoms with van der Waals surface area (Å²) in [6.45, 7) is 0. The molecule has 0 saturated carbocycles. The van der Waals surface area contributed by atoms with Crippen LogP contribution in [0.5, 0.6) is 0 Å². The van der Waals surface area contributed by atoms with Crippen molar-refractivity contribution in [1.29, 1.82) is 0 Å². The van der Waals surface area contributed by atoms with Crippen LogP contribution in [0.3, 0.4) is 0 Å². The molecule has 18 heavy (non-hydrogen) atoms. The fraction of sp³-hybridized carbons (Fsp3) is 0. The van der Waals surface area contributed by atoms with Crippen molar-refractivity contribution in [2.45, 2.75) is 0 Å². The quantitative estimate of drug-likeness (QED) is 0.592. The Kier molecular flexibility index (Phi) is 3.50. The SMILES string of the molecule is O=[N+]([O-])c1cc(F)cc(-c2ccc(Cl)cc2Cl)c1. The molecule has 0 bridgehead atoms. The van der Waals surface area contributed by atoms with Crippen LogP contribution < -0.4 is 0 Å². The Balaban J connectivity index is 2.60. The van der Waals surface area contributed by atoms with Gasteiger partial charge in [-0.3, -0.25) is 10.1 Å². The maximum Gasteiger partial charge on any atom is 0.272 e. The van der Waals surface area contributed by atoms with Crippen molar-refractivity contribution in [3.63, 3.8) is 0 Å². The summed E-state index contributed by atoms with van der Waals surface area (Å²) < 4.78 is 13.3. The molecule has 0 atom stereocenters. The molecule has 2 aromatic rings. The Labute approximate surface area is 112 Å². The van der Waals surface area contributed by atoms with Crippen LogP contribution in [0.2, 0.25) is 10.0 Å². The first-order valence-corrected chi connectivity index (χ1v) is 5.63. The normalized spacial score (nSPS) is 10.4. The first-order valence-electron chi connectivity index (χ1n) is 4.88. The second-order valence-electron chi connectivity index (χ2n) is 3.58. The van der Waals surface area contributed by atoms with Gasteiger partial charge < -0.3 is 0 Å². The number of halogens is 3. The molecule has 2 rings (SSSR count). The standard InChI is InChI=1S/C12H6Cl2FNO2/c13-8-1-2-11(12(14)5-8)7-3-9(15)6-10(4-7)16(17)18/h1-6H. The predicted octanol–water partition coefficient (Wildman–Crippen LogP) is 4.71. The summed E-state index contributed by atoms with van der Waals surface area (Å²) in [6, 6.07) is 7.96. The second-order valence-corrected chi connectivity index (χ2v) is 4.42. The molecule has 6 heteroatoms. The molecular formula is C12H6Cl2FNO2. The first-order chi connectivity index (χ1) is 8.47. The zero-order valence-corrected chi connectivity index (χ0v) is 10.4. The Morgan fingerprint density at radius 1 is 1.11 bits per heavy atom. The van der Waals surface area contributed by atoms with Gasteiger partial charge in [-0.1, -0.05) is 29.3 Å². The fourth-order valence-corrected chi connectivity index (χ4v) is 2.08. The van der Waals surface area contributed by atoms with Crippen LogP contribution in [-0.4, -0.2) is 4.92 Å². The van der Waals surface area contributed by atoms with Gasteiger partial charge in [0.2, 0.25) is 0 Å². The third-order valence-corrected chi connectivity index (χ3v) is 2.88. The van der Waals surface area contributed by atoms with E-state index in [4.69, 9.17) is 23.2 Å². The highest BCUT2D eigenvalue weighted by Gasteiger charge is 2.13. The number of non-ortho nitro benzene ring substituents is 1. The molecule has 0 N–H and O–H groups in total. The first kappa shape index (κ1) is 12.8. The van der Waals surface area contributed by atoms with Crippen molar-refractivity contribution in [2.24, 2.45) is 0 Å². The molecule has 3 nitrogen and oxygen atoms in total. The molecule has 0 aliphatic carbocycles. The lowest BCUT2D eigenvalue weighted by molar-refractivity contribution is -0.385. The van der Waals surface area contributed by atoms with E-state index in [1.54, 1.807) is 12.1 Å². The van der Waals surface area contributed by atoms with Gasteiger partial charge in [-0.2, -0.15) is 0 Å². The van der Waals surface area contributed by atoms with Gasteiger partial charge in [0.1, 0.15) is 5.82 Å². The lowest BCUT2D eigenvalue weighted by Gasteiger charge is -2.05. The summed E-state index contributed by atoms with van der Waals surface area (Å²) >= 11 is 11.7. The van der Waals surface area contributed by atoms with E-state index in [1.165, 1.54) is 18.2 Å². The van der Waals surface area contributed by atoms with Gasteiger partial charge in [-0.15, -0.1) is 0 Å². The van der Waals surface area contributed by atoms with Gasteiger partial charge in [0, 0.05) is 21.7 Å². The van der Waals surface area contributed by atoms with Crippen molar-refractivity contribution in [2.75, 3.05) is 0 Å². The highest BCUT2D eigenvalue weighted by atomic mass is 35.5. The van der Waals surface area contributed by atoms with Gasteiger partial charge >= 0.3 is 0 Å². The largest absolute Gasteiger partial charge is 0.272 e. The number of benzene rings is 2. The molecule has 0 spiro atoms. The van der Waals surface area contributed by atoms with Crippen molar-refractivity contribution >= 4 is 28.9 Å². The molecule has 0 radical (unpaired) electrons. The average Bonchev–Trinajstić information content (AvgIpc) is 2.27. The van der Waals surface area contributed by atoms with Gasteiger partial charge in [0.25, 0.3) is 5.69 Å². The Morgan fingerprint density at radius 3 is 2.44 bits per heavy atom. The van der Waals surface area contributed by atoms with Gasteiger partial charge in [-0.25, -0.2) is 4.39 Å². The average molecular weight is 286 g/mol. The maximum absolute atomic E-state index is 13.3. The minimum absolute atomic E-state index is 0.308. The summed E-state index contributed by atoms with van der Waals surface area (Å²) in [4.78, 5) is 10.0. The van der Waals surface area contributed by atoms with Crippen LogP contribution in [-0.2, 0) is 0 Å². The minimum atomic E-state index is -0.690. The molecule has 0 unspecified atom stereocenters. The van der Waals surface area contributed by atoms with E-state index in [1.807, 2.05) is 0 Å². The Hall–Kier alpha value is -1.65. The molecule has 92 valence electrons. The minimum Gasteiger partial charge on any atom is -0.258 e. The van der Waals surface area contributed by atoms with Crippen LogP contribution in [0.25, 0.3) is 11.1 Å². The molecule has 0 aromatic heterocycles. The lowest BCUT2D eigenvalue weighted by Crippen LogP contribution is -1.91. The number of rotatable bonds is 2. The Morgan fingerprint density at radius 2 is 1.83 bits per heavy atom. The molecule has 2 aromatic carbocycles. The van der Waals surface area contributed by atoms with Crippen LogP contribution in [0, 0.1) is 15.9 Å². The number of nitro benzene ring substituents is 1. The monoisotopic (exact) mass is 285 g/mol. The van der Waals surface area contributed by atoms with Crippen LogP contribution >= 0.6 is 23.2 Å². The van der Waals surface area contributed by atoms with E-state index in [9.17, 15) is 14.5 Å². The summed E-state index contributed by atoms with van der Waals surface area (Å²) in [5, 5.41) is 11.4. The van der Waals surface area contributed by atoms with Crippen molar-refractivity contribution < 1.29 is 9.31 Å². The summed E-state index contributed by atoms with van der Waals surface area (Å²) in [6.07, 6.45) is 0. The topological polar surface area (TPSA) is 43.1 Å². The number of hydrogen-bond acceptors (Lipinski definition) is 2. The van der Waals surface area contributed by atoms with Crippen LogP contribution in [0.15, 0.2) is 36.4 Å². The summed E-state index contributed by atoms with van der Waals surface area (Å²) in [7, 11) is 0. The van der Waals surface area contributed by atoms with E-state index >= 15 is 0 Å². The highest BCUT2D eigenvalue weighted by Crippen LogP contribution is 2.32. The van der Waals surface area contributed by atoms with E-state index < -0.39 is 10.7 Å². The number of hydrogen-bond donors (Lipinski definition) is 0. The van der Waals surface area contributed by atoms with Gasteiger partial charge in [-0.05, 0) is 23.8 Å². The molecule has 0 saturated heterocycles. The van der Waals surface area contributed by atoms with Crippen LogP contribution in [0.1, 0.15) is 0 Å². The molecule has 0 aliphatic rings. The molecular weight excluding hydrogens is 280 g/mol. The molecule has 0 aliphatic heterocycles. The highest BCUT2D eigenvalue weighted by molar-refractivity contribution is 6.36. The van der Waals surface area contributed by atoms with E-state index in [0.717, 1.165) is 6.07 Å². The number of nitro groups is 1. The molecule has 0 heterocycles. The smallest absolute Gasteiger partial charge is 0.258 e. The second kappa shape index (κ2) is 4.92. The number of nitrogens with zero attached hydrogens (tertiary/aromatic N) is 1. The summed E-state index contributed by atoms with van der Waals surface area (Å²) in [5.74, 6) is -0.690. The van der Waals surface area contributed by atoms with E-state index in [2.05, 4.69) is 0 Å². The Bertz CT molecular complexity index is 631. The molecule has 0 amide bonds. The van der Waals surface area contributed by atoms with Gasteiger partial charge in [0.15, 0.2) is 0 Å². The third-order valence-electron chi connectivity index (χ3n) is 2.34. The van der Waals surface area contributed by atoms with E-state index in [0.29, 0.717) is 21.2 Å². The lowest BCUT2D eigenvalue weighted by atomic mass is 10.0. The third kappa shape index (κ3) is 2.60. The van der Waals surface area contributed by atoms with Crippen LogP contribution in [0.4, 0.5) is 10.1 Å². The van der Waals surface area contributed by atoms with Crippen molar-refractivity contribution in [3.05, 3.63) is 62.4 Å². The van der Waals surface area contributed by atoms with E-state index in [-0.39, 0.29) is 5.69 Å².